The summed E-state index contributed by atoms with van der Waals surface area (Å²) in [6, 6.07) is 18.0. The summed E-state index contributed by atoms with van der Waals surface area (Å²) >= 11 is 0. The first-order chi connectivity index (χ1) is 14.8. The molecule has 1 heterocycles. The van der Waals surface area contributed by atoms with Gasteiger partial charge >= 0.3 is 6.18 Å². The molecule has 0 bridgehead atoms. The van der Waals surface area contributed by atoms with Crippen LogP contribution in [0.3, 0.4) is 0 Å². The van der Waals surface area contributed by atoms with Crippen molar-refractivity contribution < 1.29 is 18.3 Å². The van der Waals surface area contributed by atoms with E-state index in [9.17, 15) is 18.3 Å². The summed E-state index contributed by atoms with van der Waals surface area (Å²) in [6.07, 6.45) is -1.37. The molecule has 2 N–H and O–H groups in total. The van der Waals surface area contributed by atoms with Gasteiger partial charge in [-0.25, -0.2) is 0 Å². The maximum Gasteiger partial charge on any atom is 0.419 e. The predicted octanol–water partition coefficient (Wildman–Crippen LogP) is 6.13. The fourth-order valence-corrected chi connectivity index (χ4v) is 4.38. The second-order valence-electron chi connectivity index (χ2n) is 8.11. The van der Waals surface area contributed by atoms with Crippen molar-refractivity contribution in [3.05, 3.63) is 78.0 Å². The number of hydrogen-bond acceptors (Lipinski definition) is 3. The molecule has 4 rings (SSSR count). The van der Waals surface area contributed by atoms with E-state index >= 15 is 0 Å². The molecule has 2 unspecified atom stereocenters. The van der Waals surface area contributed by atoms with Gasteiger partial charge in [-0.15, -0.1) is 0 Å². The summed E-state index contributed by atoms with van der Waals surface area (Å²) in [6.45, 7) is 1.22. The summed E-state index contributed by atoms with van der Waals surface area (Å²) in [7, 11) is 0. The van der Waals surface area contributed by atoms with Crippen molar-refractivity contribution >= 4 is 22.2 Å². The molecule has 1 aliphatic rings. The highest BCUT2D eigenvalue weighted by Crippen LogP contribution is 2.47. The van der Waals surface area contributed by atoms with Crippen molar-refractivity contribution in [2.45, 2.75) is 38.0 Å². The molecule has 0 fully saturated rings. The number of rotatable bonds is 5. The average Bonchev–Trinajstić information content (AvgIpc) is 2.77. The SMILES string of the molecule is Cc1ccc2c(NCC(O)(C3CCCC=C3c3ccccc3)C(F)(F)F)cccc2n1. The largest absolute Gasteiger partial charge is 0.419 e. The van der Waals surface area contributed by atoms with E-state index in [-0.39, 0.29) is 6.42 Å². The molecule has 1 aliphatic carbocycles. The maximum absolute atomic E-state index is 14.3. The molecule has 0 aliphatic heterocycles. The zero-order valence-electron chi connectivity index (χ0n) is 17.3. The Morgan fingerprint density at radius 2 is 1.81 bits per heavy atom. The number of allylic oxidation sites excluding steroid dienone is 1. The molecule has 0 spiro atoms. The molecule has 31 heavy (non-hydrogen) atoms. The second-order valence-corrected chi connectivity index (χ2v) is 8.11. The fraction of sp³-hybridized carbons (Fsp3) is 0.320. The maximum atomic E-state index is 14.3. The number of nitrogens with zero attached hydrogens (tertiary/aromatic N) is 1. The number of aliphatic hydroxyl groups is 1. The Labute approximate surface area is 179 Å². The van der Waals surface area contributed by atoms with E-state index in [1.807, 2.05) is 37.3 Å². The molecule has 3 nitrogen and oxygen atoms in total. The molecule has 0 saturated carbocycles. The summed E-state index contributed by atoms with van der Waals surface area (Å²) in [5.41, 5.74) is 0.423. The van der Waals surface area contributed by atoms with Crippen molar-refractivity contribution in [1.82, 2.24) is 4.98 Å². The highest BCUT2D eigenvalue weighted by molar-refractivity contribution is 5.91. The lowest BCUT2D eigenvalue weighted by Gasteiger charge is -2.41. The van der Waals surface area contributed by atoms with Crippen molar-refractivity contribution in [3.63, 3.8) is 0 Å². The van der Waals surface area contributed by atoms with E-state index < -0.39 is 24.2 Å². The van der Waals surface area contributed by atoms with E-state index in [0.29, 0.717) is 29.6 Å². The van der Waals surface area contributed by atoms with E-state index in [4.69, 9.17) is 0 Å². The lowest BCUT2D eigenvalue weighted by atomic mass is 9.72. The number of pyridine rings is 1. The van der Waals surface area contributed by atoms with Gasteiger partial charge in [0.15, 0.2) is 5.60 Å². The van der Waals surface area contributed by atoms with Gasteiger partial charge in [-0.3, -0.25) is 4.98 Å². The molecule has 162 valence electrons. The molecule has 0 saturated heterocycles. The third-order valence-electron chi connectivity index (χ3n) is 6.03. The Bertz CT molecular complexity index is 1090. The van der Waals surface area contributed by atoms with Crippen LogP contribution in [-0.2, 0) is 0 Å². The Hall–Kier alpha value is -2.86. The van der Waals surface area contributed by atoms with Gasteiger partial charge < -0.3 is 10.4 Å². The summed E-state index contributed by atoms with van der Waals surface area (Å²) in [5, 5.41) is 14.7. The van der Waals surface area contributed by atoms with E-state index in [1.165, 1.54) is 0 Å². The van der Waals surface area contributed by atoms with E-state index in [0.717, 1.165) is 16.6 Å². The minimum atomic E-state index is -4.80. The molecule has 2 aromatic carbocycles. The van der Waals surface area contributed by atoms with Gasteiger partial charge in [0.25, 0.3) is 0 Å². The number of nitrogens with one attached hydrogen (secondary N) is 1. The Morgan fingerprint density at radius 3 is 2.55 bits per heavy atom. The number of aromatic nitrogens is 1. The van der Waals surface area contributed by atoms with Crippen molar-refractivity contribution in [3.8, 4) is 0 Å². The van der Waals surface area contributed by atoms with Crippen molar-refractivity contribution in [1.29, 1.82) is 0 Å². The van der Waals surface area contributed by atoms with Gasteiger partial charge in [-0.2, -0.15) is 13.2 Å². The van der Waals surface area contributed by atoms with Crippen LogP contribution in [-0.4, -0.2) is 28.4 Å². The number of alkyl halides is 3. The minimum Gasteiger partial charge on any atom is -0.381 e. The van der Waals surface area contributed by atoms with Crippen molar-refractivity contribution in [2.24, 2.45) is 5.92 Å². The monoisotopic (exact) mass is 426 g/mol. The third kappa shape index (κ3) is 4.17. The number of hydrogen-bond donors (Lipinski definition) is 2. The number of anilines is 1. The zero-order chi connectivity index (χ0) is 22.1. The van der Waals surface area contributed by atoms with Crippen LogP contribution < -0.4 is 5.32 Å². The molecule has 0 radical (unpaired) electrons. The predicted molar refractivity (Wildman–Crippen MR) is 118 cm³/mol. The Morgan fingerprint density at radius 1 is 1.03 bits per heavy atom. The molecule has 1 aromatic heterocycles. The first kappa shape index (κ1) is 21.4. The number of fused-ring (bicyclic) bond motifs is 1. The average molecular weight is 426 g/mol. The molecule has 6 heteroatoms. The highest BCUT2D eigenvalue weighted by Gasteiger charge is 2.59. The highest BCUT2D eigenvalue weighted by atomic mass is 19.4. The quantitative estimate of drug-likeness (QED) is 0.516. The van der Waals surface area contributed by atoms with Crippen LogP contribution in [0.1, 0.15) is 30.5 Å². The van der Waals surface area contributed by atoms with Gasteiger partial charge in [0.2, 0.25) is 0 Å². The molecule has 0 amide bonds. The molecule has 2 atom stereocenters. The van der Waals surface area contributed by atoms with Crippen LogP contribution in [0.5, 0.6) is 0 Å². The topological polar surface area (TPSA) is 45.1 Å². The Kier molecular flexibility index (Phi) is 5.75. The van der Waals surface area contributed by atoms with E-state index in [1.54, 1.807) is 36.4 Å². The fourth-order valence-electron chi connectivity index (χ4n) is 4.38. The molecular formula is C25H25F3N2O. The van der Waals surface area contributed by atoms with Crippen LogP contribution >= 0.6 is 0 Å². The summed E-state index contributed by atoms with van der Waals surface area (Å²) < 4.78 is 43.0. The first-order valence-electron chi connectivity index (χ1n) is 10.4. The first-order valence-corrected chi connectivity index (χ1v) is 10.4. The zero-order valence-corrected chi connectivity index (χ0v) is 17.3. The normalized spacial score (nSPS) is 19.0. The number of benzene rings is 2. The van der Waals surface area contributed by atoms with Crippen LogP contribution in [0, 0.1) is 12.8 Å². The van der Waals surface area contributed by atoms with Gasteiger partial charge in [-0.1, -0.05) is 42.5 Å². The smallest absolute Gasteiger partial charge is 0.381 e. The lowest BCUT2D eigenvalue weighted by Crippen LogP contribution is -2.56. The van der Waals surface area contributed by atoms with Crippen LogP contribution in [0.4, 0.5) is 18.9 Å². The van der Waals surface area contributed by atoms with Gasteiger partial charge in [0, 0.05) is 22.7 Å². The second kappa shape index (κ2) is 8.35. The van der Waals surface area contributed by atoms with E-state index in [2.05, 4.69) is 10.3 Å². The van der Waals surface area contributed by atoms with Crippen molar-refractivity contribution in [2.75, 3.05) is 11.9 Å². The van der Waals surface area contributed by atoms with Gasteiger partial charge in [0.05, 0.1) is 12.1 Å². The Balaban J connectivity index is 1.69. The summed E-state index contributed by atoms with van der Waals surface area (Å²) in [5.74, 6) is -1.05. The van der Waals surface area contributed by atoms with Gasteiger partial charge in [-0.05, 0) is 61.6 Å². The number of aryl methyl sites for hydroxylation is 1. The molecular weight excluding hydrogens is 401 g/mol. The molecule has 3 aromatic rings. The lowest BCUT2D eigenvalue weighted by molar-refractivity contribution is -0.267. The number of halogens is 3. The summed E-state index contributed by atoms with van der Waals surface area (Å²) in [4.78, 5) is 4.44. The minimum absolute atomic E-state index is 0.273. The van der Waals surface area contributed by atoms with Crippen LogP contribution in [0.15, 0.2) is 66.7 Å². The van der Waals surface area contributed by atoms with Gasteiger partial charge in [0.1, 0.15) is 0 Å². The van der Waals surface area contributed by atoms with Crippen LogP contribution in [0.2, 0.25) is 0 Å². The third-order valence-corrected chi connectivity index (χ3v) is 6.03. The standard InChI is InChI=1S/C25H25F3N2O/c1-17-14-15-20-22(12-7-13-23(20)30-17)29-16-24(31,25(26,27)28)21-11-6-5-10-19(21)18-8-3-2-4-9-18/h2-4,7-10,12-15,21,29,31H,5-6,11,16H2,1H3. The van der Waals surface area contributed by atoms with Crippen LogP contribution in [0.25, 0.3) is 16.5 Å².